The average Bonchev–Trinajstić information content (AvgIpc) is 2.69. The van der Waals surface area contributed by atoms with Crippen molar-refractivity contribution < 1.29 is 8.42 Å². The fourth-order valence-electron chi connectivity index (χ4n) is 2.83. The highest BCUT2D eigenvalue weighted by molar-refractivity contribution is 7.99. The molecule has 0 aromatic heterocycles. The summed E-state index contributed by atoms with van der Waals surface area (Å²) < 4.78 is 26.6. The minimum atomic E-state index is -3.60. The number of sulfone groups is 1. The molecule has 0 fully saturated rings. The Balaban J connectivity index is 2.09. The number of thioether (sulfide) groups is 1. The maximum Gasteiger partial charge on any atom is 0.206 e. The summed E-state index contributed by atoms with van der Waals surface area (Å²) in [4.78, 5) is 1.66. The van der Waals surface area contributed by atoms with E-state index in [4.69, 9.17) is 0 Å². The van der Waals surface area contributed by atoms with Gasteiger partial charge in [-0.3, -0.25) is 0 Å². The minimum absolute atomic E-state index is 0.315. The van der Waals surface area contributed by atoms with Crippen LogP contribution in [0.4, 0.5) is 11.4 Å². The van der Waals surface area contributed by atoms with Crippen LogP contribution in [0.5, 0.6) is 0 Å². The van der Waals surface area contributed by atoms with Crippen LogP contribution in [-0.4, -0.2) is 14.2 Å². The smallest absolute Gasteiger partial charge is 0.206 e. The summed E-state index contributed by atoms with van der Waals surface area (Å²) >= 11 is 1.70. The van der Waals surface area contributed by atoms with Crippen molar-refractivity contribution in [1.82, 2.24) is 0 Å². The molecule has 3 rings (SSSR count). The molecule has 0 radical (unpaired) electrons. The van der Waals surface area contributed by atoms with Crippen LogP contribution in [0.3, 0.4) is 0 Å². The summed E-state index contributed by atoms with van der Waals surface area (Å²) in [6.07, 6.45) is 0. The molecule has 5 heteroatoms. The molecule has 0 atom stereocenters. The van der Waals surface area contributed by atoms with Crippen LogP contribution in [0.2, 0.25) is 0 Å². The lowest BCUT2D eigenvalue weighted by Crippen LogP contribution is -2.06. The Labute approximate surface area is 172 Å². The van der Waals surface area contributed by atoms with E-state index >= 15 is 0 Å². The van der Waals surface area contributed by atoms with Crippen molar-refractivity contribution in [3.05, 3.63) is 78.4 Å². The van der Waals surface area contributed by atoms with E-state index in [-0.39, 0.29) is 0 Å². The molecule has 0 unspecified atom stereocenters. The number of para-hydroxylation sites is 1. The molecule has 0 spiro atoms. The molecule has 0 saturated heterocycles. The fraction of sp³-hybridized carbons (Fsp3) is 0.217. The van der Waals surface area contributed by atoms with Gasteiger partial charge >= 0.3 is 0 Å². The van der Waals surface area contributed by atoms with Crippen LogP contribution in [0.15, 0.2) is 87.5 Å². The molecule has 3 nitrogen and oxygen atoms in total. The Kier molecular flexibility index (Phi) is 6.47. The van der Waals surface area contributed by atoms with Crippen LogP contribution in [0, 0.1) is 12.8 Å². The lowest BCUT2D eigenvalue weighted by molar-refractivity contribution is 0.595. The average molecular weight is 412 g/mol. The SMILES string of the molecule is Cc1c(SCC(C)C)cc(Nc2ccccc2)cc1S(=O)(=O)c1ccccc1. The van der Waals surface area contributed by atoms with Crippen molar-refractivity contribution >= 4 is 33.0 Å². The van der Waals surface area contributed by atoms with E-state index in [2.05, 4.69) is 19.2 Å². The maximum atomic E-state index is 13.3. The van der Waals surface area contributed by atoms with Gasteiger partial charge in [0.1, 0.15) is 0 Å². The molecule has 0 bridgehead atoms. The summed E-state index contributed by atoms with van der Waals surface area (Å²) in [6.45, 7) is 6.22. The van der Waals surface area contributed by atoms with Gasteiger partial charge in [0, 0.05) is 22.0 Å². The predicted octanol–water partition coefficient (Wildman–Crippen LogP) is 6.32. The normalized spacial score (nSPS) is 11.6. The van der Waals surface area contributed by atoms with E-state index < -0.39 is 9.84 Å². The number of nitrogens with one attached hydrogen (secondary N) is 1. The number of benzene rings is 3. The topological polar surface area (TPSA) is 46.2 Å². The third-order valence-electron chi connectivity index (χ3n) is 4.29. The Morgan fingerprint density at radius 1 is 0.893 bits per heavy atom. The maximum absolute atomic E-state index is 13.3. The summed E-state index contributed by atoms with van der Waals surface area (Å²) in [5.41, 5.74) is 2.50. The van der Waals surface area contributed by atoms with E-state index in [1.807, 2.05) is 49.4 Å². The van der Waals surface area contributed by atoms with E-state index in [1.54, 1.807) is 42.1 Å². The second-order valence-corrected chi connectivity index (χ2v) is 10.1. The van der Waals surface area contributed by atoms with Gasteiger partial charge in [0.05, 0.1) is 9.79 Å². The number of hydrogen-bond donors (Lipinski definition) is 1. The summed E-state index contributed by atoms with van der Waals surface area (Å²) in [5.74, 6) is 1.45. The van der Waals surface area contributed by atoms with Gasteiger partial charge in [0.15, 0.2) is 0 Å². The van der Waals surface area contributed by atoms with Gasteiger partial charge in [0.25, 0.3) is 0 Å². The third-order valence-corrected chi connectivity index (χ3v) is 7.75. The van der Waals surface area contributed by atoms with Crippen LogP contribution >= 0.6 is 11.8 Å². The highest BCUT2D eigenvalue weighted by Crippen LogP contribution is 2.35. The first kappa shape index (κ1) is 20.5. The van der Waals surface area contributed by atoms with Gasteiger partial charge < -0.3 is 5.32 Å². The van der Waals surface area contributed by atoms with Crippen LogP contribution in [0.25, 0.3) is 0 Å². The van der Waals surface area contributed by atoms with Crippen molar-refractivity contribution in [3.63, 3.8) is 0 Å². The van der Waals surface area contributed by atoms with Gasteiger partial charge in [-0.15, -0.1) is 11.8 Å². The first-order chi connectivity index (χ1) is 13.4. The number of hydrogen-bond acceptors (Lipinski definition) is 4. The third kappa shape index (κ3) is 4.78. The Bertz CT molecular complexity index is 1030. The monoisotopic (exact) mass is 411 g/mol. The van der Waals surface area contributed by atoms with Crippen molar-refractivity contribution in [2.75, 3.05) is 11.1 Å². The molecular weight excluding hydrogens is 386 g/mol. The van der Waals surface area contributed by atoms with Crippen LogP contribution in [-0.2, 0) is 9.84 Å². The molecule has 0 aliphatic heterocycles. The quantitative estimate of drug-likeness (QED) is 0.462. The first-order valence-electron chi connectivity index (χ1n) is 9.27. The number of anilines is 2. The lowest BCUT2D eigenvalue weighted by atomic mass is 10.2. The van der Waals surface area contributed by atoms with E-state index in [0.717, 1.165) is 27.6 Å². The molecule has 3 aromatic rings. The second-order valence-electron chi connectivity index (χ2n) is 7.11. The minimum Gasteiger partial charge on any atom is -0.355 e. The van der Waals surface area contributed by atoms with Gasteiger partial charge in [-0.25, -0.2) is 8.42 Å². The second kappa shape index (κ2) is 8.84. The molecule has 3 aromatic carbocycles. The highest BCUT2D eigenvalue weighted by atomic mass is 32.2. The number of rotatable bonds is 7. The standard InChI is InChI=1S/C23H25NO2S2/c1-17(2)16-27-22-14-20(24-19-10-6-4-7-11-19)15-23(18(22)3)28(25,26)21-12-8-5-9-13-21/h4-15,17,24H,16H2,1-3H3. The van der Waals surface area contributed by atoms with Crippen LogP contribution < -0.4 is 5.32 Å². The van der Waals surface area contributed by atoms with Crippen molar-refractivity contribution in [3.8, 4) is 0 Å². The first-order valence-corrected chi connectivity index (χ1v) is 11.7. The van der Waals surface area contributed by atoms with Crippen LogP contribution in [0.1, 0.15) is 19.4 Å². The van der Waals surface area contributed by atoms with E-state index in [1.165, 1.54) is 0 Å². The van der Waals surface area contributed by atoms with E-state index in [9.17, 15) is 8.42 Å². The zero-order chi connectivity index (χ0) is 20.1. The Morgan fingerprint density at radius 3 is 2.11 bits per heavy atom. The molecule has 28 heavy (non-hydrogen) atoms. The molecule has 146 valence electrons. The van der Waals surface area contributed by atoms with E-state index in [0.29, 0.717) is 15.7 Å². The summed E-state index contributed by atoms with van der Waals surface area (Å²) in [5, 5.41) is 3.35. The summed E-state index contributed by atoms with van der Waals surface area (Å²) in [6, 6.07) is 22.2. The molecule has 0 amide bonds. The zero-order valence-electron chi connectivity index (χ0n) is 16.3. The Hall–Kier alpha value is -2.24. The fourth-order valence-corrected chi connectivity index (χ4v) is 5.51. The largest absolute Gasteiger partial charge is 0.355 e. The molecule has 0 aliphatic rings. The molecule has 1 N–H and O–H groups in total. The Morgan fingerprint density at radius 2 is 1.50 bits per heavy atom. The summed E-state index contributed by atoms with van der Waals surface area (Å²) in [7, 11) is -3.60. The highest BCUT2D eigenvalue weighted by Gasteiger charge is 2.22. The predicted molar refractivity (Wildman–Crippen MR) is 118 cm³/mol. The van der Waals surface area contributed by atoms with Gasteiger partial charge in [0.2, 0.25) is 9.84 Å². The van der Waals surface area contributed by atoms with Crippen molar-refractivity contribution in [2.45, 2.75) is 35.5 Å². The molecule has 0 saturated carbocycles. The van der Waals surface area contributed by atoms with Gasteiger partial charge in [-0.05, 0) is 54.8 Å². The van der Waals surface area contributed by atoms with Crippen molar-refractivity contribution in [1.29, 1.82) is 0 Å². The zero-order valence-corrected chi connectivity index (χ0v) is 18.0. The van der Waals surface area contributed by atoms with Crippen molar-refractivity contribution in [2.24, 2.45) is 5.92 Å². The van der Waals surface area contributed by atoms with Gasteiger partial charge in [-0.2, -0.15) is 0 Å². The molecule has 0 aliphatic carbocycles. The molecule has 0 heterocycles. The van der Waals surface area contributed by atoms with Gasteiger partial charge in [-0.1, -0.05) is 50.2 Å². The molecular formula is C23H25NO2S2. The lowest BCUT2D eigenvalue weighted by Gasteiger charge is -2.16.